The van der Waals surface area contributed by atoms with Crippen molar-refractivity contribution in [2.24, 2.45) is 10.9 Å². The molecule has 1 aromatic heterocycles. The highest BCUT2D eigenvalue weighted by Gasteiger charge is 2.45. The molecule has 0 radical (unpaired) electrons. The van der Waals surface area contributed by atoms with Crippen molar-refractivity contribution in [3.05, 3.63) is 30.1 Å². The Labute approximate surface area is 181 Å². The molecule has 0 spiro atoms. The number of hydrogen-bond acceptors (Lipinski definition) is 6. The third-order valence-corrected chi connectivity index (χ3v) is 5.72. The van der Waals surface area contributed by atoms with Crippen molar-refractivity contribution in [2.45, 2.75) is 44.2 Å². The number of unbranched alkanes of at least 4 members (excludes halogenated alkanes) is 1. The van der Waals surface area contributed by atoms with Crippen molar-refractivity contribution in [3.63, 3.8) is 0 Å². The molecule has 1 N–H and O–H groups in total. The Bertz CT molecular complexity index is 848. The monoisotopic (exact) mass is 433 g/mol. The summed E-state index contributed by atoms with van der Waals surface area (Å²) in [5, 5.41) is 2.88. The normalized spacial score (nSPS) is 21.7. The molecule has 1 saturated heterocycles. The molecule has 1 aromatic rings. The van der Waals surface area contributed by atoms with E-state index >= 15 is 0 Å². The maximum absolute atomic E-state index is 13.4. The van der Waals surface area contributed by atoms with Crippen LogP contribution in [-0.4, -0.2) is 67.4 Å². The van der Waals surface area contributed by atoms with E-state index < -0.39 is 19.0 Å². The lowest BCUT2D eigenvalue weighted by Crippen LogP contribution is -2.57. The molecule has 0 aromatic carbocycles. The van der Waals surface area contributed by atoms with Gasteiger partial charge in [-0.15, -0.1) is 0 Å². The van der Waals surface area contributed by atoms with E-state index in [1.165, 1.54) is 4.90 Å². The highest BCUT2D eigenvalue weighted by Crippen LogP contribution is 2.34. The van der Waals surface area contributed by atoms with Gasteiger partial charge in [-0.2, -0.15) is 0 Å². The molecule has 2 fully saturated rings. The standard InChI is InChI=1S/C22H29F2N5O2/c1-28-12-4-11-25-18(28)5-2-3-10-26-21(30)20-17(29-14-22(23,24)15-29)8-9-19(27-20)31-13-16-6-7-16/h4,8-9,11-12,16,18H,2-3,5-7,10,13-15H2,1H3,(H,26,30). The van der Waals surface area contributed by atoms with Crippen LogP contribution in [0.4, 0.5) is 14.5 Å². The van der Waals surface area contributed by atoms with Crippen LogP contribution >= 0.6 is 0 Å². The molecule has 1 aliphatic carbocycles. The fraction of sp³-hybridized carbons (Fsp3) is 0.591. The van der Waals surface area contributed by atoms with Crippen LogP contribution in [0.3, 0.4) is 0 Å². The first-order valence-electron chi connectivity index (χ1n) is 10.9. The van der Waals surface area contributed by atoms with E-state index in [1.54, 1.807) is 18.3 Å². The van der Waals surface area contributed by atoms with Gasteiger partial charge in [0.2, 0.25) is 5.88 Å². The summed E-state index contributed by atoms with van der Waals surface area (Å²) in [5.41, 5.74) is 0.567. The summed E-state index contributed by atoms with van der Waals surface area (Å²) in [5.74, 6) is -2.17. The molecule has 9 heteroatoms. The van der Waals surface area contributed by atoms with Crippen molar-refractivity contribution in [3.8, 4) is 5.88 Å². The van der Waals surface area contributed by atoms with E-state index in [0.717, 1.165) is 32.1 Å². The molecule has 31 heavy (non-hydrogen) atoms. The number of allylic oxidation sites excluding steroid dienone is 1. The molecule has 3 aliphatic rings. The molecule has 1 amide bonds. The topological polar surface area (TPSA) is 70.1 Å². The Morgan fingerprint density at radius 2 is 2.10 bits per heavy atom. The van der Waals surface area contributed by atoms with E-state index in [-0.39, 0.29) is 17.8 Å². The second kappa shape index (κ2) is 9.20. The Kier molecular flexibility index (Phi) is 6.38. The van der Waals surface area contributed by atoms with Gasteiger partial charge in [-0.3, -0.25) is 9.79 Å². The zero-order chi connectivity index (χ0) is 21.8. The van der Waals surface area contributed by atoms with Crippen molar-refractivity contribution in [1.82, 2.24) is 15.2 Å². The maximum Gasteiger partial charge on any atom is 0.282 e. The largest absolute Gasteiger partial charge is 0.477 e. The number of amides is 1. The van der Waals surface area contributed by atoms with Crippen LogP contribution in [0.1, 0.15) is 42.6 Å². The van der Waals surface area contributed by atoms with Crippen LogP contribution in [-0.2, 0) is 0 Å². The minimum atomic E-state index is -2.72. The number of aliphatic imine (C=N–C) groups is 1. The molecular formula is C22H29F2N5O2. The Morgan fingerprint density at radius 3 is 2.81 bits per heavy atom. The van der Waals surface area contributed by atoms with Crippen molar-refractivity contribution in [2.75, 3.05) is 38.2 Å². The summed E-state index contributed by atoms with van der Waals surface area (Å²) in [7, 11) is 1.99. The first-order chi connectivity index (χ1) is 14.9. The molecule has 1 saturated carbocycles. The minimum Gasteiger partial charge on any atom is -0.477 e. The van der Waals surface area contributed by atoms with Gasteiger partial charge in [-0.05, 0) is 50.2 Å². The number of hydrogen-bond donors (Lipinski definition) is 1. The van der Waals surface area contributed by atoms with E-state index in [1.807, 2.05) is 19.3 Å². The van der Waals surface area contributed by atoms with Crippen LogP contribution in [0.15, 0.2) is 29.4 Å². The predicted molar refractivity (Wildman–Crippen MR) is 115 cm³/mol. The second-order valence-electron chi connectivity index (χ2n) is 8.52. The van der Waals surface area contributed by atoms with Crippen LogP contribution in [0.2, 0.25) is 0 Å². The highest BCUT2D eigenvalue weighted by molar-refractivity contribution is 5.98. The number of anilines is 1. The van der Waals surface area contributed by atoms with Crippen LogP contribution < -0.4 is 15.0 Å². The van der Waals surface area contributed by atoms with Gasteiger partial charge >= 0.3 is 0 Å². The fourth-order valence-corrected chi connectivity index (χ4v) is 3.65. The fourth-order valence-electron chi connectivity index (χ4n) is 3.65. The van der Waals surface area contributed by atoms with Gasteiger partial charge in [0, 0.05) is 32.1 Å². The third-order valence-electron chi connectivity index (χ3n) is 5.72. The zero-order valence-corrected chi connectivity index (χ0v) is 17.8. The maximum atomic E-state index is 13.4. The quantitative estimate of drug-likeness (QED) is 0.575. The van der Waals surface area contributed by atoms with Crippen LogP contribution in [0.5, 0.6) is 5.88 Å². The Morgan fingerprint density at radius 1 is 1.29 bits per heavy atom. The molecule has 168 valence electrons. The number of aromatic nitrogens is 1. The summed E-state index contributed by atoms with van der Waals surface area (Å²) in [6.07, 6.45) is 10.7. The number of nitrogens with one attached hydrogen (secondary N) is 1. The first kappa shape index (κ1) is 21.5. The molecule has 7 nitrogen and oxygen atoms in total. The lowest BCUT2D eigenvalue weighted by atomic mass is 10.1. The number of carbonyl (C=O) groups is 1. The van der Waals surface area contributed by atoms with Crippen LogP contribution in [0.25, 0.3) is 0 Å². The summed E-state index contributed by atoms with van der Waals surface area (Å²) in [6.45, 7) is 0.254. The van der Waals surface area contributed by atoms with Crippen molar-refractivity contribution >= 4 is 17.8 Å². The SMILES string of the molecule is CN1C=CC=NC1CCCCNC(=O)c1nc(OCC2CC2)ccc1N1CC(F)(F)C1. The highest BCUT2D eigenvalue weighted by atomic mass is 19.3. The zero-order valence-electron chi connectivity index (χ0n) is 17.8. The van der Waals surface area contributed by atoms with Gasteiger partial charge in [0.05, 0.1) is 25.4 Å². The summed E-state index contributed by atoms with van der Waals surface area (Å²) in [4.78, 5) is 25.1. The lowest BCUT2D eigenvalue weighted by Gasteiger charge is -2.40. The van der Waals surface area contributed by atoms with E-state index in [4.69, 9.17) is 4.74 Å². The first-order valence-corrected chi connectivity index (χ1v) is 10.9. The number of halogens is 2. The molecule has 1 atom stereocenters. The van der Waals surface area contributed by atoms with E-state index in [9.17, 15) is 13.6 Å². The lowest BCUT2D eigenvalue weighted by molar-refractivity contribution is -0.0263. The number of nitrogens with zero attached hydrogens (tertiary/aromatic N) is 4. The van der Waals surface area contributed by atoms with Gasteiger partial charge in [0.15, 0.2) is 5.69 Å². The van der Waals surface area contributed by atoms with Gasteiger partial charge in [-0.1, -0.05) is 0 Å². The van der Waals surface area contributed by atoms with Crippen molar-refractivity contribution in [1.29, 1.82) is 0 Å². The molecule has 3 heterocycles. The smallest absolute Gasteiger partial charge is 0.282 e. The number of rotatable bonds is 10. The van der Waals surface area contributed by atoms with Gasteiger partial charge in [-0.25, -0.2) is 13.8 Å². The average Bonchev–Trinajstić information content (AvgIpc) is 3.56. The number of alkyl halides is 2. The van der Waals surface area contributed by atoms with E-state index in [2.05, 4.69) is 20.2 Å². The number of pyridine rings is 1. The molecule has 1 unspecified atom stereocenters. The molecule has 4 rings (SSSR count). The molecular weight excluding hydrogens is 404 g/mol. The summed E-state index contributed by atoms with van der Waals surface area (Å²) < 4.78 is 32.4. The van der Waals surface area contributed by atoms with E-state index in [0.29, 0.717) is 30.6 Å². The van der Waals surface area contributed by atoms with Gasteiger partial charge in [0.1, 0.15) is 6.17 Å². The summed E-state index contributed by atoms with van der Waals surface area (Å²) >= 11 is 0. The average molecular weight is 434 g/mol. The third kappa shape index (κ3) is 5.71. The second-order valence-corrected chi connectivity index (χ2v) is 8.52. The van der Waals surface area contributed by atoms with Crippen LogP contribution in [0, 0.1) is 5.92 Å². The Balaban J connectivity index is 1.31. The predicted octanol–water partition coefficient (Wildman–Crippen LogP) is 3.08. The van der Waals surface area contributed by atoms with Gasteiger partial charge in [0.25, 0.3) is 11.8 Å². The Hall–Kier alpha value is -2.71. The summed E-state index contributed by atoms with van der Waals surface area (Å²) in [6, 6.07) is 3.31. The number of carbonyl (C=O) groups excluding carboxylic acids is 1. The molecule has 2 aliphatic heterocycles. The van der Waals surface area contributed by atoms with Gasteiger partial charge < -0.3 is 19.9 Å². The molecule has 0 bridgehead atoms. The van der Waals surface area contributed by atoms with Crippen molar-refractivity contribution < 1.29 is 18.3 Å². The minimum absolute atomic E-state index is 0.127. The number of ether oxygens (including phenoxy) is 1.